The Hall–Kier alpha value is -2.00. The Kier molecular flexibility index (Phi) is 4.79. The molecule has 0 atom stereocenters. The van der Waals surface area contributed by atoms with E-state index in [0.29, 0.717) is 0 Å². The number of anilines is 1. The fourth-order valence-corrected chi connectivity index (χ4v) is 2.28. The van der Waals surface area contributed by atoms with Gasteiger partial charge in [0.2, 0.25) is 0 Å². The van der Waals surface area contributed by atoms with Crippen LogP contribution in [-0.2, 0) is 10.2 Å². The summed E-state index contributed by atoms with van der Waals surface area (Å²) < 4.78 is 31.7. The number of methoxy groups -OCH3 is 1. The van der Waals surface area contributed by atoms with Gasteiger partial charge in [-0.2, -0.15) is 12.7 Å². The second-order valence-corrected chi connectivity index (χ2v) is 5.68. The number of phenolic OH excluding ortho intramolecular Hbond substituents is 1. The van der Waals surface area contributed by atoms with Crippen LogP contribution in [0.1, 0.15) is 17.3 Å². The van der Waals surface area contributed by atoms with Crippen LogP contribution in [0.5, 0.6) is 11.5 Å². The summed E-state index contributed by atoms with van der Waals surface area (Å²) in [4.78, 5) is 11.0. The molecular formula is C11H16N2O6S. The van der Waals surface area contributed by atoms with Crippen LogP contribution in [0.4, 0.5) is 5.69 Å². The van der Waals surface area contributed by atoms with Crippen LogP contribution in [-0.4, -0.2) is 49.6 Å². The second-order valence-electron chi connectivity index (χ2n) is 3.90. The smallest absolute Gasteiger partial charge is 0.335 e. The maximum Gasteiger partial charge on any atom is 0.335 e. The molecular weight excluding hydrogens is 288 g/mol. The number of hydrogen-bond donors (Lipinski definition) is 3. The van der Waals surface area contributed by atoms with Crippen molar-refractivity contribution in [3.8, 4) is 11.5 Å². The van der Waals surface area contributed by atoms with Crippen molar-refractivity contribution >= 4 is 21.9 Å². The zero-order chi connectivity index (χ0) is 15.5. The average molecular weight is 304 g/mol. The number of ether oxygens (including phenoxy) is 1. The molecule has 20 heavy (non-hydrogen) atoms. The molecule has 0 aliphatic carbocycles. The molecule has 0 aliphatic heterocycles. The maximum absolute atomic E-state index is 11.9. The van der Waals surface area contributed by atoms with Crippen LogP contribution in [0.15, 0.2) is 12.1 Å². The zero-order valence-electron chi connectivity index (χ0n) is 11.2. The number of carboxylic acids is 1. The van der Waals surface area contributed by atoms with E-state index in [1.807, 2.05) is 0 Å². The van der Waals surface area contributed by atoms with Gasteiger partial charge in [-0.05, 0) is 12.1 Å². The lowest BCUT2D eigenvalue weighted by atomic mass is 10.2. The molecule has 0 unspecified atom stereocenters. The Morgan fingerprint density at radius 3 is 2.50 bits per heavy atom. The summed E-state index contributed by atoms with van der Waals surface area (Å²) in [5.74, 6) is -1.89. The Bertz CT molecular complexity index is 614. The van der Waals surface area contributed by atoms with E-state index in [1.165, 1.54) is 14.2 Å². The van der Waals surface area contributed by atoms with Crippen molar-refractivity contribution in [3.05, 3.63) is 17.7 Å². The monoisotopic (exact) mass is 304 g/mol. The Morgan fingerprint density at radius 1 is 1.45 bits per heavy atom. The van der Waals surface area contributed by atoms with Crippen molar-refractivity contribution in [2.75, 3.05) is 25.4 Å². The summed E-state index contributed by atoms with van der Waals surface area (Å²) in [5, 5.41) is 18.8. The van der Waals surface area contributed by atoms with E-state index in [0.717, 1.165) is 16.4 Å². The standard InChI is InChI=1S/C11H16N2O6S/c1-4-13(2)20(17,18)12-8-5-7(11(15)16)6-9(19-3)10(8)14/h5-6,12,14H,4H2,1-3H3,(H,15,16). The van der Waals surface area contributed by atoms with Crippen molar-refractivity contribution in [1.29, 1.82) is 0 Å². The summed E-state index contributed by atoms with van der Waals surface area (Å²) in [7, 11) is -1.30. The van der Waals surface area contributed by atoms with Gasteiger partial charge in [0.25, 0.3) is 0 Å². The first-order valence-corrected chi connectivity index (χ1v) is 7.05. The quantitative estimate of drug-likeness (QED) is 0.666. The third kappa shape index (κ3) is 3.31. The highest BCUT2D eigenvalue weighted by molar-refractivity contribution is 7.90. The topological polar surface area (TPSA) is 116 Å². The van der Waals surface area contributed by atoms with E-state index >= 15 is 0 Å². The molecule has 1 rings (SSSR count). The molecule has 112 valence electrons. The van der Waals surface area contributed by atoms with Crippen LogP contribution in [0.3, 0.4) is 0 Å². The molecule has 0 heterocycles. The predicted octanol–water partition coefficient (Wildman–Crippen LogP) is 0.707. The molecule has 0 saturated heterocycles. The molecule has 0 radical (unpaired) electrons. The highest BCUT2D eigenvalue weighted by Gasteiger charge is 2.21. The van der Waals surface area contributed by atoms with Crippen LogP contribution >= 0.6 is 0 Å². The molecule has 0 aliphatic rings. The van der Waals surface area contributed by atoms with Crippen LogP contribution in [0.2, 0.25) is 0 Å². The van der Waals surface area contributed by atoms with E-state index in [2.05, 4.69) is 4.72 Å². The molecule has 1 aromatic rings. The third-order valence-corrected chi connectivity index (χ3v) is 4.19. The molecule has 0 amide bonds. The first-order valence-electron chi connectivity index (χ1n) is 5.61. The lowest BCUT2D eigenvalue weighted by molar-refractivity contribution is 0.0696. The number of aromatic carboxylic acids is 1. The number of carboxylic acid groups (broad SMARTS) is 1. The van der Waals surface area contributed by atoms with Crippen molar-refractivity contribution in [2.45, 2.75) is 6.92 Å². The van der Waals surface area contributed by atoms with Gasteiger partial charge in [-0.15, -0.1) is 0 Å². The highest BCUT2D eigenvalue weighted by atomic mass is 32.2. The summed E-state index contributed by atoms with van der Waals surface area (Å²) in [6.45, 7) is 1.85. The number of carbonyl (C=O) groups is 1. The van der Waals surface area contributed by atoms with Gasteiger partial charge in [0.15, 0.2) is 11.5 Å². The lowest BCUT2D eigenvalue weighted by Crippen LogP contribution is -2.32. The van der Waals surface area contributed by atoms with E-state index in [4.69, 9.17) is 9.84 Å². The average Bonchev–Trinajstić information content (AvgIpc) is 2.39. The van der Waals surface area contributed by atoms with Crippen molar-refractivity contribution in [3.63, 3.8) is 0 Å². The molecule has 0 spiro atoms. The van der Waals surface area contributed by atoms with Gasteiger partial charge in [0, 0.05) is 13.6 Å². The third-order valence-electron chi connectivity index (χ3n) is 2.64. The van der Waals surface area contributed by atoms with Crippen LogP contribution in [0.25, 0.3) is 0 Å². The largest absolute Gasteiger partial charge is 0.503 e. The molecule has 0 fully saturated rings. The number of nitrogens with zero attached hydrogens (tertiary/aromatic N) is 1. The molecule has 0 aromatic heterocycles. The fourth-order valence-electron chi connectivity index (χ4n) is 1.35. The van der Waals surface area contributed by atoms with Gasteiger partial charge >= 0.3 is 16.2 Å². The number of nitrogens with one attached hydrogen (secondary N) is 1. The van der Waals surface area contributed by atoms with Crippen LogP contribution < -0.4 is 9.46 Å². The summed E-state index contributed by atoms with van der Waals surface area (Å²) in [6, 6.07) is 2.11. The van der Waals surface area contributed by atoms with E-state index < -0.39 is 21.9 Å². The second kappa shape index (κ2) is 5.97. The number of hydrogen-bond acceptors (Lipinski definition) is 5. The van der Waals surface area contributed by atoms with Gasteiger partial charge in [0.1, 0.15) is 0 Å². The van der Waals surface area contributed by atoms with E-state index in [1.54, 1.807) is 6.92 Å². The summed E-state index contributed by atoms with van der Waals surface area (Å²) in [6.07, 6.45) is 0. The number of benzene rings is 1. The van der Waals surface area contributed by atoms with Gasteiger partial charge in [-0.25, -0.2) is 4.79 Å². The SMILES string of the molecule is CCN(C)S(=O)(=O)Nc1cc(C(=O)O)cc(OC)c1O. The Balaban J connectivity index is 3.31. The summed E-state index contributed by atoms with van der Waals surface area (Å²) in [5.41, 5.74) is -0.474. The first kappa shape index (κ1) is 16.1. The first-order chi connectivity index (χ1) is 9.22. The van der Waals surface area contributed by atoms with Gasteiger partial charge < -0.3 is 14.9 Å². The van der Waals surface area contributed by atoms with E-state index in [-0.39, 0.29) is 23.5 Å². The molecule has 9 heteroatoms. The summed E-state index contributed by atoms with van der Waals surface area (Å²) >= 11 is 0. The molecule has 3 N–H and O–H groups in total. The predicted molar refractivity (Wildman–Crippen MR) is 72.5 cm³/mol. The van der Waals surface area contributed by atoms with Crippen molar-refractivity contribution < 1.29 is 28.2 Å². The van der Waals surface area contributed by atoms with Gasteiger partial charge in [0.05, 0.1) is 18.4 Å². The minimum Gasteiger partial charge on any atom is -0.503 e. The minimum atomic E-state index is -3.88. The number of rotatable bonds is 6. The van der Waals surface area contributed by atoms with Gasteiger partial charge in [-0.3, -0.25) is 4.72 Å². The van der Waals surface area contributed by atoms with Gasteiger partial charge in [-0.1, -0.05) is 6.92 Å². The Morgan fingerprint density at radius 2 is 2.05 bits per heavy atom. The maximum atomic E-state index is 11.9. The Labute approximate surface area is 116 Å². The fraction of sp³-hybridized carbons (Fsp3) is 0.364. The van der Waals surface area contributed by atoms with Crippen molar-refractivity contribution in [2.24, 2.45) is 0 Å². The lowest BCUT2D eigenvalue weighted by Gasteiger charge is -2.18. The normalized spacial score (nSPS) is 11.4. The van der Waals surface area contributed by atoms with E-state index in [9.17, 15) is 18.3 Å². The zero-order valence-corrected chi connectivity index (χ0v) is 12.1. The number of phenols is 1. The van der Waals surface area contributed by atoms with Crippen molar-refractivity contribution in [1.82, 2.24) is 4.31 Å². The number of aromatic hydroxyl groups is 1. The molecule has 1 aromatic carbocycles. The minimum absolute atomic E-state index is 0.137. The van der Waals surface area contributed by atoms with Crippen LogP contribution in [0, 0.1) is 0 Å². The molecule has 0 saturated carbocycles. The molecule has 8 nitrogen and oxygen atoms in total. The molecule has 0 bridgehead atoms. The highest BCUT2D eigenvalue weighted by Crippen LogP contribution is 2.36.